The van der Waals surface area contributed by atoms with Gasteiger partial charge < -0.3 is 25.0 Å². The maximum atomic E-state index is 12.1. The molecule has 2 aliphatic rings. The van der Waals surface area contributed by atoms with Crippen LogP contribution in [-0.2, 0) is 25.2 Å². The van der Waals surface area contributed by atoms with E-state index in [0.29, 0.717) is 30.6 Å². The topological polar surface area (TPSA) is 168 Å². The Morgan fingerprint density at radius 3 is 2.34 bits per heavy atom. The van der Waals surface area contributed by atoms with Crippen LogP contribution >= 0.6 is 0 Å². The lowest BCUT2D eigenvalue weighted by Crippen LogP contribution is -2.32. The number of fused-ring (bicyclic) bond motifs is 2. The molecule has 2 atom stereocenters. The highest BCUT2D eigenvalue weighted by atomic mass is 16.5. The number of ether oxygens (including phenoxy) is 1. The summed E-state index contributed by atoms with van der Waals surface area (Å²) in [6.45, 7) is 10.9. The monoisotopic (exact) mass is 722 g/mol. The first kappa shape index (κ1) is 40.0. The Balaban J connectivity index is 1.91. The highest BCUT2D eigenvalue weighted by molar-refractivity contribution is 6.04. The molecule has 53 heavy (non-hydrogen) atoms. The average molecular weight is 723 g/mol. The molecule has 0 amide bonds. The van der Waals surface area contributed by atoms with Crippen molar-refractivity contribution >= 4 is 41.5 Å². The van der Waals surface area contributed by atoms with Crippen molar-refractivity contribution in [3.05, 3.63) is 101 Å². The SMILES string of the molecule is C=CCC1(CCCC)\C(=C/C=C(C#N)/C=C/C2=[N+](CCC(=O)O)c3ccc(OC=O)cc3C2(C)CCCC)N(CCC(=O)O)c2ccc(C(=O)O)cc21. The zero-order chi connectivity index (χ0) is 38.8. The third-order valence-corrected chi connectivity index (χ3v) is 10.3. The number of hydrogen-bond donors (Lipinski definition) is 3. The van der Waals surface area contributed by atoms with Crippen molar-refractivity contribution in [1.82, 2.24) is 0 Å². The summed E-state index contributed by atoms with van der Waals surface area (Å²) >= 11 is 0. The molecule has 0 fully saturated rings. The van der Waals surface area contributed by atoms with Crippen LogP contribution in [0.4, 0.5) is 11.4 Å². The summed E-state index contributed by atoms with van der Waals surface area (Å²) in [5.74, 6) is -2.61. The van der Waals surface area contributed by atoms with Gasteiger partial charge in [0.05, 0.1) is 29.0 Å². The molecule has 11 nitrogen and oxygen atoms in total. The predicted molar refractivity (Wildman–Crippen MR) is 202 cm³/mol. The lowest BCUT2D eigenvalue weighted by molar-refractivity contribution is -0.436. The molecular weight excluding hydrogens is 674 g/mol. The number of carboxylic acids is 3. The zero-order valence-electron chi connectivity index (χ0n) is 30.6. The van der Waals surface area contributed by atoms with E-state index < -0.39 is 28.7 Å². The minimum absolute atomic E-state index is 0.125. The zero-order valence-corrected chi connectivity index (χ0v) is 30.6. The van der Waals surface area contributed by atoms with E-state index in [1.165, 1.54) is 6.07 Å². The lowest BCUT2D eigenvalue weighted by Gasteiger charge is -2.33. The van der Waals surface area contributed by atoms with Gasteiger partial charge >= 0.3 is 17.9 Å². The molecule has 2 aliphatic heterocycles. The third kappa shape index (κ3) is 8.49. The standard InChI is InChI=1S/C42H47N3O8/c1-5-8-21-41(4)32-26-31(53-28-46)13-15-34(32)44(23-18-38(47)48)36(41)16-10-29(27-43)11-17-37-42(20-7-3,22-9-6-2)33-25-30(40(51)52)12-14-35(33)45(37)24-19-39(49)50/h7,10-17,25-26,28H,3,5-6,8-9,18-24H2,1-2,4H3,(H2-,47,48,49,50,51,52)/p+1. The summed E-state index contributed by atoms with van der Waals surface area (Å²) in [5.41, 5.74) is 3.87. The van der Waals surface area contributed by atoms with Crippen LogP contribution in [0.1, 0.15) is 100 Å². The highest BCUT2D eigenvalue weighted by Crippen LogP contribution is 2.53. The summed E-state index contributed by atoms with van der Waals surface area (Å²) in [5, 5.41) is 39.6. The summed E-state index contributed by atoms with van der Waals surface area (Å²) < 4.78 is 7.14. The number of nitriles is 1. The van der Waals surface area contributed by atoms with Gasteiger partial charge in [0.2, 0.25) is 5.69 Å². The number of carboxylic acid groups (broad SMARTS) is 3. The van der Waals surface area contributed by atoms with Gasteiger partial charge in [-0.25, -0.2) is 4.79 Å². The minimum Gasteiger partial charge on any atom is -0.481 e. The number of benzene rings is 2. The molecule has 2 unspecified atom stereocenters. The van der Waals surface area contributed by atoms with Crippen LogP contribution in [0, 0.1) is 11.3 Å². The predicted octanol–water partition coefficient (Wildman–Crippen LogP) is 7.83. The Labute approximate surface area is 310 Å². The number of hydrogen-bond acceptors (Lipinski definition) is 7. The third-order valence-electron chi connectivity index (χ3n) is 10.3. The van der Waals surface area contributed by atoms with Gasteiger partial charge in [0.15, 0.2) is 12.3 Å². The van der Waals surface area contributed by atoms with Crippen LogP contribution in [0.2, 0.25) is 0 Å². The summed E-state index contributed by atoms with van der Waals surface area (Å²) in [6, 6.07) is 12.5. The van der Waals surface area contributed by atoms with Gasteiger partial charge in [0.1, 0.15) is 12.2 Å². The molecule has 0 aromatic heterocycles. The number of carbonyl (C=O) groups excluding carboxylic acids is 1. The first-order valence-electron chi connectivity index (χ1n) is 18.0. The number of nitrogens with zero attached hydrogens (tertiary/aromatic N) is 3. The first-order valence-corrected chi connectivity index (χ1v) is 18.0. The van der Waals surface area contributed by atoms with Crippen molar-refractivity contribution in [2.45, 2.75) is 89.4 Å². The molecule has 278 valence electrons. The Morgan fingerprint density at radius 2 is 1.72 bits per heavy atom. The summed E-state index contributed by atoms with van der Waals surface area (Å²) in [4.78, 5) is 48.7. The average Bonchev–Trinajstić information content (AvgIpc) is 3.52. The Bertz CT molecular complexity index is 1930. The van der Waals surface area contributed by atoms with Crippen molar-refractivity contribution in [3.8, 4) is 11.8 Å². The Kier molecular flexibility index (Phi) is 13.3. The largest absolute Gasteiger partial charge is 0.481 e. The second-order valence-corrected chi connectivity index (χ2v) is 13.6. The van der Waals surface area contributed by atoms with Gasteiger partial charge in [-0.1, -0.05) is 45.6 Å². The Morgan fingerprint density at radius 1 is 1.00 bits per heavy atom. The normalized spacial score (nSPS) is 20.0. The molecule has 0 radical (unpaired) electrons. The van der Waals surface area contributed by atoms with Crippen LogP contribution in [0.5, 0.6) is 5.75 Å². The molecular formula is C42H48N3O8+. The number of anilines is 1. The second-order valence-electron chi connectivity index (χ2n) is 13.6. The molecule has 0 saturated carbocycles. The Hall–Kier alpha value is -5.76. The highest BCUT2D eigenvalue weighted by Gasteiger charge is 2.48. The molecule has 0 aliphatic carbocycles. The van der Waals surface area contributed by atoms with E-state index in [1.807, 2.05) is 33.8 Å². The lowest BCUT2D eigenvalue weighted by atomic mass is 9.72. The second kappa shape index (κ2) is 17.6. The quantitative estimate of drug-likeness (QED) is 0.0403. The number of rotatable bonds is 20. The van der Waals surface area contributed by atoms with Gasteiger partial charge in [-0.05, 0) is 80.3 Å². The van der Waals surface area contributed by atoms with Crippen LogP contribution in [0.15, 0.2) is 84.6 Å². The number of unbranched alkanes of at least 4 members (excludes halogenated alkanes) is 2. The summed E-state index contributed by atoms with van der Waals surface area (Å²) in [7, 11) is 0. The van der Waals surface area contributed by atoms with Crippen LogP contribution < -0.4 is 9.64 Å². The van der Waals surface area contributed by atoms with E-state index in [4.69, 9.17) is 4.74 Å². The van der Waals surface area contributed by atoms with E-state index >= 15 is 0 Å². The van der Waals surface area contributed by atoms with Crippen molar-refractivity contribution in [2.24, 2.45) is 0 Å². The van der Waals surface area contributed by atoms with Crippen molar-refractivity contribution in [3.63, 3.8) is 0 Å². The van der Waals surface area contributed by atoms with Crippen LogP contribution in [0.25, 0.3) is 0 Å². The van der Waals surface area contributed by atoms with E-state index in [9.17, 15) is 39.8 Å². The van der Waals surface area contributed by atoms with E-state index in [0.717, 1.165) is 66.0 Å². The molecule has 2 aromatic rings. The molecule has 0 saturated heterocycles. The van der Waals surface area contributed by atoms with E-state index in [-0.39, 0.29) is 31.5 Å². The van der Waals surface area contributed by atoms with Crippen molar-refractivity contribution in [1.29, 1.82) is 5.26 Å². The molecule has 0 bridgehead atoms. The first-order chi connectivity index (χ1) is 25.4. The van der Waals surface area contributed by atoms with Gasteiger partial charge in [-0.15, -0.1) is 6.58 Å². The number of carbonyl (C=O) groups is 4. The maximum Gasteiger partial charge on any atom is 0.335 e. The van der Waals surface area contributed by atoms with Crippen molar-refractivity contribution < 1.29 is 43.8 Å². The van der Waals surface area contributed by atoms with E-state index in [2.05, 4.69) is 33.4 Å². The fourth-order valence-electron chi connectivity index (χ4n) is 7.69. The van der Waals surface area contributed by atoms with Gasteiger partial charge in [0.25, 0.3) is 6.47 Å². The molecule has 2 aromatic carbocycles. The molecule has 4 rings (SSSR count). The number of allylic oxidation sites excluding steroid dienone is 7. The fraction of sp³-hybridized carbons (Fsp3) is 0.381. The fourth-order valence-corrected chi connectivity index (χ4v) is 7.69. The molecule has 11 heteroatoms. The smallest absolute Gasteiger partial charge is 0.335 e. The minimum atomic E-state index is -1.07. The van der Waals surface area contributed by atoms with Crippen LogP contribution in [0.3, 0.4) is 0 Å². The van der Waals surface area contributed by atoms with Gasteiger partial charge in [-0.3, -0.25) is 14.4 Å². The maximum absolute atomic E-state index is 12.1. The molecule has 3 N–H and O–H groups in total. The van der Waals surface area contributed by atoms with Gasteiger partial charge in [-0.2, -0.15) is 9.84 Å². The molecule has 2 heterocycles. The van der Waals surface area contributed by atoms with Crippen molar-refractivity contribution in [2.75, 3.05) is 18.0 Å². The summed E-state index contributed by atoms with van der Waals surface area (Å²) in [6.07, 6.45) is 13.9. The molecule has 0 spiro atoms. The van der Waals surface area contributed by atoms with Gasteiger partial charge in [0, 0.05) is 41.1 Å². The van der Waals surface area contributed by atoms with Crippen LogP contribution in [-0.4, -0.2) is 63.1 Å². The van der Waals surface area contributed by atoms with E-state index in [1.54, 1.807) is 36.4 Å². The number of aromatic carboxylic acids is 1. The number of aliphatic carboxylic acids is 2.